The van der Waals surface area contributed by atoms with Gasteiger partial charge in [0.1, 0.15) is 18.0 Å². The average molecular weight is 363 g/mol. The normalized spacial score (nSPS) is 22.8. The van der Waals surface area contributed by atoms with Gasteiger partial charge < -0.3 is 19.5 Å². The molecule has 0 aromatic heterocycles. The van der Waals surface area contributed by atoms with Gasteiger partial charge in [0.2, 0.25) is 0 Å². The van der Waals surface area contributed by atoms with E-state index in [4.69, 9.17) is 14.2 Å². The van der Waals surface area contributed by atoms with Gasteiger partial charge in [-0.2, -0.15) is 0 Å². The Morgan fingerprint density at radius 2 is 1.96 bits per heavy atom. The monoisotopic (exact) mass is 363 g/mol. The molecule has 0 radical (unpaired) electrons. The zero-order valence-electron chi connectivity index (χ0n) is 16.4. The largest absolute Gasteiger partial charge is 0.491 e. The van der Waals surface area contributed by atoms with Gasteiger partial charge in [0.25, 0.3) is 5.91 Å². The van der Waals surface area contributed by atoms with E-state index in [9.17, 15) is 4.79 Å². The first-order valence-corrected chi connectivity index (χ1v) is 9.85. The zero-order valence-corrected chi connectivity index (χ0v) is 16.4. The number of ether oxygens (including phenoxy) is 3. The van der Waals surface area contributed by atoms with Crippen molar-refractivity contribution < 1.29 is 19.0 Å². The molecule has 0 bridgehead atoms. The van der Waals surface area contributed by atoms with Crippen LogP contribution >= 0.6 is 0 Å². The van der Waals surface area contributed by atoms with Crippen LogP contribution in [0.5, 0.6) is 5.75 Å². The van der Waals surface area contributed by atoms with Crippen molar-refractivity contribution in [1.82, 2.24) is 0 Å². The molecule has 5 nitrogen and oxygen atoms in total. The molecule has 1 aliphatic rings. The fourth-order valence-electron chi connectivity index (χ4n) is 3.45. The van der Waals surface area contributed by atoms with Gasteiger partial charge in [-0.1, -0.05) is 20.3 Å². The van der Waals surface area contributed by atoms with Crippen molar-refractivity contribution in [2.24, 2.45) is 5.92 Å². The maximum absolute atomic E-state index is 13.0. The van der Waals surface area contributed by atoms with Crippen LogP contribution in [0.25, 0.3) is 0 Å². The number of carbonyl (C=O) groups is 1. The molecule has 2 atom stereocenters. The van der Waals surface area contributed by atoms with Gasteiger partial charge in [0.05, 0.1) is 6.61 Å². The smallest absolute Gasteiger partial charge is 0.256 e. The van der Waals surface area contributed by atoms with Crippen LogP contribution in [-0.4, -0.2) is 37.9 Å². The Labute approximate surface area is 157 Å². The Morgan fingerprint density at radius 1 is 1.19 bits per heavy atom. The van der Waals surface area contributed by atoms with Gasteiger partial charge >= 0.3 is 0 Å². The molecule has 26 heavy (non-hydrogen) atoms. The summed E-state index contributed by atoms with van der Waals surface area (Å²) in [6.07, 6.45) is 4.69. The van der Waals surface area contributed by atoms with Crippen molar-refractivity contribution in [2.45, 2.75) is 58.5 Å². The van der Waals surface area contributed by atoms with Gasteiger partial charge in [-0.3, -0.25) is 4.79 Å². The first-order valence-electron chi connectivity index (χ1n) is 9.85. The molecule has 1 aromatic carbocycles. The Bertz CT molecular complexity index is 545. The van der Waals surface area contributed by atoms with Gasteiger partial charge in [-0.05, 0) is 62.8 Å². The van der Waals surface area contributed by atoms with Crippen LogP contribution in [0.15, 0.2) is 24.3 Å². The number of amides is 1. The minimum absolute atomic E-state index is 0.0254. The lowest BCUT2D eigenvalue weighted by atomic mass is 9.78. The third kappa shape index (κ3) is 5.99. The SMILES string of the molecule is CCCO[C@@]1(C(=O)Nc2ccc(OCCOCC)cc2)CCC[C@H](C)C1. The molecule has 1 aromatic rings. The van der Waals surface area contributed by atoms with E-state index in [1.54, 1.807) is 0 Å². The third-order valence-corrected chi connectivity index (χ3v) is 4.76. The molecule has 1 fully saturated rings. The first kappa shape index (κ1) is 20.7. The fraction of sp³-hybridized carbons (Fsp3) is 0.667. The number of nitrogens with one attached hydrogen (secondary N) is 1. The van der Waals surface area contributed by atoms with Crippen LogP contribution in [0.2, 0.25) is 0 Å². The van der Waals surface area contributed by atoms with Crippen LogP contribution < -0.4 is 10.1 Å². The van der Waals surface area contributed by atoms with E-state index in [1.165, 1.54) is 0 Å². The molecule has 2 rings (SSSR count). The van der Waals surface area contributed by atoms with Crippen molar-refractivity contribution in [3.05, 3.63) is 24.3 Å². The summed E-state index contributed by atoms with van der Waals surface area (Å²) in [6, 6.07) is 7.47. The highest BCUT2D eigenvalue weighted by Gasteiger charge is 2.42. The Hall–Kier alpha value is -1.59. The van der Waals surface area contributed by atoms with Crippen LogP contribution in [0.4, 0.5) is 5.69 Å². The van der Waals surface area contributed by atoms with Gasteiger partial charge in [-0.25, -0.2) is 0 Å². The molecule has 0 aliphatic heterocycles. The van der Waals surface area contributed by atoms with E-state index in [1.807, 2.05) is 31.2 Å². The molecular weight excluding hydrogens is 330 g/mol. The first-order chi connectivity index (χ1) is 12.6. The lowest BCUT2D eigenvalue weighted by Gasteiger charge is -2.38. The van der Waals surface area contributed by atoms with Crippen LogP contribution in [0.3, 0.4) is 0 Å². The summed E-state index contributed by atoms with van der Waals surface area (Å²) < 4.78 is 16.9. The summed E-state index contributed by atoms with van der Waals surface area (Å²) in [4.78, 5) is 13.0. The number of hydrogen-bond donors (Lipinski definition) is 1. The van der Waals surface area contributed by atoms with Gasteiger partial charge in [0, 0.05) is 18.9 Å². The number of rotatable bonds is 10. The maximum Gasteiger partial charge on any atom is 0.256 e. The zero-order chi connectivity index (χ0) is 18.8. The molecule has 1 N–H and O–H groups in total. The molecule has 0 unspecified atom stereocenters. The quantitative estimate of drug-likeness (QED) is 0.625. The standard InChI is InChI=1S/C21H33NO4/c1-4-13-26-21(12-6-7-17(3)16-21)20(23)22-18-8-10-19(11-9-18)25-15-14-24-5-2/h8-11,17H,4-7,12-16H2,1-3H3,(H,22,23)/t17-,21-/m0/s1. The highest BCUT2D eigenvalue weighted by Crippen LogP contribution is 2.36. The predicted octanol–water partition coefficient (Wildman–Crippen LogP) is 4.42. The van der Waals surface area contributed by atoms with Crippen molar-refractivity contribution >= 4 is 11.6 Å². The van der Waals surface area contributed by atoms with Gasteiger partial charge in [-0.15, -0.1) is 0 Å². The van der Waals surface area contributed by atoms with Crippen molar-refractivity contribution in [3.63, 3.8) is 0 Å². The summed E-state index contributed by atoms with van der Waals surface area (Å²) in [5.41, 5.74) is 0.0743. The molecule has 146 valence electrons. The average Bonchev–Trinajstić information content (AvgIpc) is 2.65. The lowest BCUT2D eigenvalue weighted by molar-refractivity contribution is -0.148. The van der Waals surface area contributed by atoms with Crippen molar-refractivity contribution in [1.29, 1.82) is 0 Å². The number of carbonyl (C=O) groups excluding carboxylic acids is 1. The van der Waals surface area contributed by atoms with E-state index in [-0.39, 0.29) is 5.91 Å². The van der Waals surface area contributed by atoms with Crippen molar-refractivity contribution in [2.75, 3.05) is 31.7 Å². The number of benzene rings is 1. The molecule has 1 amide bonds. The number of anilines is 1. The topological polar surface area (TPSA) is 56.8 Å². The molecule has 0 saturated heterocycles. The van der Waals surface area contributed by atoms with Crippen LogP contribution in [0.1, 0.15) is 52.9 Å². The highest BCUT2D eigenvalue weighted by atomic mass is 16.5. The summed E-state index contributed by atoms with van der Waals surface area (Å²) in [5, 5.41) is 3.04. The maximum atomic E-state index is 13.0. The third-order valence-electron chi connectivity index (χ3n) is 4.76. The summed E-state index contributed by atoms with van der Waals surface area (Å²) in [5.74, 6) is 1.25. The van der Waals surface area contributed by atoms with Crippen LogP contribution in [-0.2, 0) is 14.3 Å². The molecule has 5 heteroatoms. The molecule has 1 aliphatic carbocycles. The number of hydrogen-bond acceptors (Lipinski definition) is 4. The van der Waals surface area contributed by atoms with E-state index in [0.717, 1.165) is 43.5 Å². The Balaban J connectivity index is 1.95. The van der Waals surface area contributed by atoms with E-state index in [2.05, 4.69) is 19.2 Å². The summed E-state index contributed by atoms with van der Waals surface area (Å²) in [7, 11) is 0. The fourth-order valence-corrected chi connectivity index (χ4v) is 3.45. The predicted molar refractivity (Wildman–Crippen MR) is 104 cm³/mol. The van der Waals surface area contributed by atoms with Crippen molar-refractivity contribution in [3.8, 4) is 5.75 Å². The minimum atomic E-state index is -0.694. The molecule has 1 saturated carbocycles. The highest BCUT2D eigenvalue weighted by molar-refractivity contribution is 5.97. The molecular formula is C21H33NO4. The minimum Gasteiger partial charge on any atom is -0.491 e. The molecule has 0 heterocycles. The van der Waals surface area contributed by atoms with E-state index < -0.39 is 5.60 Å². The van der Waals surface area contributed by atoms with Crippen LogP contribution in [0, 0.1) is 5.92 Å². The summed E-state index contributed by atoms with van der Waals surface area (Å²) >= 11 is 0. The second-order valence-corrected chi connectivity index (χ2v) is 7.07. The lowest BCUT2D eigenvalue weighted by Crippen LogP contribution is -2.48. The Kier molecular flexibility index (Phi) is 8.39. The molecule has 0 spiro atoms. The Morgan fingerprint density at radius 3 is 2.62 bits per heavy atom. The van der Waals surface area contributed by atoms with E-state index >= 15 is 0 Å². The summed E-state index contributed by atoms with van der Waals surface area (Å²) in [6.45, 7) is 8.63. The van der Waals surface area contributed by atoms with E-state index in [0.29, 0.717) is 32.3 Å². The van der Waals surface area contributed by atoms with Gasteiger partial charge in [0.15, 0.2) is 0 Å². The second kappa shape index (κ2) is 10.5. The second-order valence-electron chi connectivity index (χ2n) is 7.07.